The second-order valence-electron chi connectivity index (χ2n) is 6.50. The Hall–Kier alpha value is -1.36. The fourth-order valence-electron chi connectivity index (χ4n) is 2.50. The third-order valence-corrected chi connectivity index (χ3v) is 5.11. The lowest BCUT2D eigenvalue weighted by atomic mass is 9.90. The van der Waals surface area contributed by atoms with Crippen molar-refractivity contribution in [3.05, 3.63) is 28.2 Å². The van der Waals surface area contributed by atoms with Crippen LogP contribution < -0.4 is 10.6 Å². The van der Waals surface area contributed by atoms with Crippen LogP contribution in [0.5, 0.6) is 0 Å². The molecular weight excluding hydrogens is 344 g/mol. The van der Waals surface area contributed by atoms with Crippen molar-refractivity contribution < 1.29 is 9.59 Å². The van der Waals surface area contributed by atoms with E-state index in [0.29, 0.717) is 5.69 Å². The number of carbonyl (C=O) groups is 2. The Kier molecular flexibility index (Phi) is 5.27. The van der Waals surface area contributed by atoms with E-state index >= 15 is 0 Å². The third-order valence-electron chi connectivity index (χ3n) is 4.26. The number of amides is 2. The fourth-order valence-corrected chi connectivity index (χ4v) is 2.88. The van der Waals surface area contributed by atoms with Gasteiger partial charge in [0.15, 0.2) is 0 Å². The summed E-state index contributed by atoms with van der Waals surface area (Å²) in [7, 11) is 0. The maximum atomic E-state index is 12.5. The normalized spacial score (nSPS) is 15.6. The molecule has 0 spiro atoms. The maximum Gasteiger partial charge on any atom is 0.239 e. The van der Waals surface area contributed by atoms with Crippen LogP contribution in [-0.4, -0.2) is 17.9 Å². The van der Waals surface area contributed by atoms with Gasteiger partial charge in [-0.3, -0.25) is 9.59 Å². The van der Waals surface area contributed by atoms with Gasteiger partial charge in [-0.25, -0.2) is 0 Å². The molecule has 1 saturated carbocycles. The van der Waals surface area contributed by atoms with Gasteiger partial charge in [-0.2, -0.15) is 0 Å². The average molecular weight is 367 g/mol. The van der Waals surface area contributed by atoms with E-state index < -0.39 is 5.41 Å². The third kappa shape index (κ3) is 3.88. The summed E-state index contributed by atoms with van der Waals surface area (Å²) >= 11 is 3.44. The average Bonchev–Trinajstić information content (AvgIpc) is 2.95. The van der Waals surface area contributed by atoms with E-state index in [0.717, 1.165) is 35.7 Å². The Labute approximate surface area is 140 Å². The van der Waals surface area contributed by atoms with Crippen molar-refractivity contribution in [3.8, 4) is 0 Å². The zero-order valence-corrected chi connectivity index (χ0v) is 14.9. The van der Waals surface area contributed by atoms with Gasteiger partial charge in [0.1, 0.15) is 5.41 Å². The van der Waals surface area contributed by atoms with Gasteiger partial charge in [-0.05, 0) is 51.3 Å². The molecule has 2 N–H and O–H groups in total. The number of halogens is 1. The van der Waals surface area contributed by atoms with Gasteiger partial charge in [-0.1, -0.05) is 34.8 Å². The van der Waals surface area contributed by atoms with Crippen molar-refractivity contribution in [2.24, 2.45) is 5.41 Å². The van der Waals surface area contributed by atoms with E-state index in [2.05, 4.69) is 26.6 Å². The summed E-state index contributed by atoms with van der Waals surface area (Å²) in [6.07, 6.45) is 4.31. The van der Waals surface area contributed by atoms with E-state index in [1.165, 1.54) is 0 Å². The monoisotopic (exact) mass is 366 g/mol. The smallest absolute Gasteiger partial charge is 0.239 e. The number of hydrogen-bond acceptors (Lipinski definition) is 2. The first-order chi connectivity index (χ1) is 10.3. The fraction of sp³-hybridized carbons (Fsp3) is 0.529. The van der Waals surface area contributed by atoms with Crippen LogP contribution in [0.3, 0.4) is 0 Å². The van der Waals surface area contributed by atoms with Crippen LogP contribution in [-0.2, 0) is 9.59 Å². The van der Waals surface area contributed by atoms with Crippen molar-refractivity contribution in [2.45, 2.75) is 52.5 Å². The van der Waals surface area contributed by atoms with Gasteiger partial charge < -0.3 is 10.6 Å². The SMILES string of the molecule is Cc1ccc(NC(=O)C(C)(C)C(=O)NC2CCCC2)cc1Br. The van der Waals surface area contributed by atoms with Gasteiger partial charge in [-0.15, -0.1) is 0 Å². The summed E-state index contributed by atoms with van der Waals surface area (Å²) in [6, 6.07) is 5.82. The number of anilines is 1. The van der Waals surface area contributed by atoms with Crippen molar-refractivity contribution in [1.82, 2.24) is 5.32 Å². The van der Waals surface area contributed by atoms with Gasteiger partial charge in [0.2, 0.25) is 11.8 Å². The zero-order valence-electron chi connectivity index (χ0n) is 13.3. The second kappa shape index (κ2) is 6.82. The molecule has 120 valence electrons. The molecule has 0 saturated heterocycles. The van der Waals surface area contributed by atoms with E-state index in [1.807, 2.05) is 25.1 Å². The molecule has 1 fully saturated rings. The largest absolute Gasteiger partial charge is 0.352 e. The van der Waals surface area contributed by atoms with Crippen molar-refractivity contribution in [2.75, 3.05) is 5.32 Å². The number of hydrogen-bond donors (Lipinski definition) is 2. The van der Waals surface area contributed by atoms with E-state index in [4.69, 9.17) is 0 Å². The van der Waals surface area contributed by atoms with E-state index in [-0.39, 0.29) is 17.9 Å². The first-order valence-corrected chi connectivity index (χ1v) is 8.48. The topological polar surface area (TPSA) is 58.2 Å². The van der Waals surface area contributed by atoms with Gasteiger partial charge in [0, 0.05) is 16.2 Å². The van der Waals surface area contributed by atoms with Gasteiger partial charge in [0.25, 0.3) is 0 Å². The molecule has 1 aromatic rings. The van der Waals surface area contributed by atoms with Crippen LogP contribution in [0.4, 0.5) is 5.69 Å². The molecule has 1 aromatic carbocycles. The molecular formula is C17H23BrN2O2. The van der Waals surface area contributed by atoms with Crippen LogP contribution in [0.25, 0.3) is 0 Å². The van der Waals surface area contributed by atoms with E-state index in [1.54, 1.807) is 13.8 Å². The Bertz CT molecular complexity index is 578. The van der Waals surface area contributed by atoms with Gasteiger partial charge in [0.05, 0.1) is 0 Å². The van der Waals surface area contributed by atoms with Crippen LogP contribution in [0.15, 0.2) is 22.7 Å². The van der Waals surface area contributed by atoms with Gasteiger partial charge >= 0.3 is 0 Å². The number of carbonyl (C=O) groups excluding carboxylic acids is 2. The highest BCUT2D eigenvalue weighted by molar-refractivity contribution is 9.10. The molecule has 1 aliphatic rings. The molecule has 22 heavy (non-hydrogen) atoms. The molecule has 0 heterocycles. The Balaban J connectivity index is 2.02. The van der Waals surface area contributed by atoms with Crippen LogP contribution in [0.2, 0.25) is 0 Å². The molecule has 5 heteroatoms. The highest BCUT2D eigenvalue weighted by Gasteiger charge is 2.37. The summed E-state index contributed by atoms with van der Waals surface area (Å²) in [6.45, 7) is 5.31. The quantitative estimate of drug-likeness (QED) is 0.796. The first kappa shape index (κ1) is 17.0. The van der Waals surface area contributed by atoms with Crippen LogP contribution >= 0.6 is 15.9 Å². The summed E-state index contributed by atoms with van der Waals surface area (Å²) in [5.74, 6) is -0.498. The zero-order chi connectivity index (χ0) is 16.3. The molecule has 0 aromatic heterocycles. The molecule has 4 nitrogen and oxygen atoms in total. The molecule has 0 atom stereocenters. The van der Waals surface area contributed by atoms with Crippen LogP contribution in [0, 0.1) is 12.3 Å². The molecule has 0 radical (unpaired) electrons. The summed E-state index contributed by atoms with van der Waals surface area (Å²) in [4.78, 5) is 24.9. The molecule has 2 amide bonds. The van der Waals surface area contributed by atoms with Crippen molar-refractivity contribution in [3.63, 3.8) is 0 Å². The van der Waals surface area contributed by atoms with Crippen molar-refractivity contribution >= 4 is 33.4 Å². The Morgan fingerprint density at radius 1 is 1.18 bits per heavy atom. The summed E-state index contributed by atoms with van der Waals surface area (Å²) in [5.41, 5.74) is 0.681. The molecule has 0 bridgehead atoms. The lowest BCUT2D eigenvalue weighted by molar-refractivity contribution is -0.138. The van der Waals surface area contributed by atoms with Crippen molar-refractivity contribution in [1.29, 1.82) is 0 Å². The lowest BCUT2D eigenvalue weighted by Gasteiger charge is -2.25. The molecule has 0 unspecified atom stereocenters. The maximum absolute atomic E-state index is 12.5. The molecule has 0 aliphatic heterocycles. The number of rotatable bonds is 4. The minimum Gasteiger partial charge on any atom is -0.352 e. The minimum atomic E-state index is -1.10. The number of benzene rings is 1. The molecule has 2 rings (SSSR count). The number of nitrogens with one attached hydrogen (secondary N) is 2. The molecule has 1 aliphatic carbocycles. The Morgan fingerprint density at radius 3 is 2.41 bits per heavy atom. The first-order valence-electron chi connectivity index (χ1n) is 7.69. The van der Waals surface area contributed by atoms with Crippen LogP contribution in [0.1, 0.15) is 45.1 Å². The predicted octanol–water partition coefficient (Wildman–Crippen LogP) is 3.78. The standard InChI is InChI=1S/C17H23BrN2O2/c1-11-8-9-13(10-14(11)18)20-16(22)17(2,3)15(21)19-12-6-4-5-7-12/h8-10,12H,4-7H2,1-3H3,(H,19,21)(H,20,22). The Morgan fingerprint density at radius 2 is 1.82 bits per heavy atom. The summed E-state index contributed by atoms with van der Waals surface area (Å²) in [5, 5.41) is 5.82. The second-order valence-corrected chi connectivity index (χ2v) is 7.35. The van der Waals surface area contributed by atoms with E-state index in [9.17, 15) is 9.59 Å². The summed E-state index contributed by atoms with van der Waals surface area (Å²) < 4.78 is 0.929. The highest BCUT2D eigenvalue weighted by Crippen LogP contribution is 2.25. The highest BCUT2D eigenvalue weighted by atomic mass is 79.9. The number of aryl methyl sites for hydroxylation is 1. The minimum absolute atomic E-state index is 0.205. The predicted molar refractivity (Wildman–Crippen MR) is 91.7 cm³/mol. The lowest BCUT2D eigenvalue weighted by Crippen LogP contribution is -2.47.